The first kappa shape index (κ1) is 30.0. The third kappa shape index (κ3) is 4.67. The number of hydrogen-bond acceptors (Lipinski definition) is 10. The number of likely N-dealkylation sites (N-methyl/N-ethyl adjacent to an activating group) is 2. The molecule has 3 aliphatic rings. The Balaban J connectivity index is 1.64. The van der Waals surface area contributed by atoms with Crippen LogP contribution < -0.4 is 11.1 Å². The Kier molecular flexibility index (Phi) is 7.41. The van der Waals surface area contributed by atoms with Crippen molar-refractivity contribution in [3.63, 3.8) is 0 Å². The Hall–Kier alpha value is -4.52. The Bertz CT molecular complexity index is 1640. The third-order valence-electron chi connectivity index (χ3n) is 8.52. The molecule has 1 fully saturated rings. The van der Waals surface area contributed by atoms with Crippen LogP contribution in [0.5, 0.6) is 5.75 Å². The Morgan fingerprint density at radius 1 is 1.07 bits per heavy atom. The van der Waals surface area contributed by atoms with Crippen LogP contribution in [0, 0.1) is 11.8 Å². The zero-order valence-electron chi connectivity index (χ0n) is 24.2. The zero-order valence-corrected chi connectivity index (χ0v) is 24.2. The number of fused-ring (bicyclic) bond motifs is 3. The number of anilines is 1. The number of rotatable bonds is 6. The predicted octanol–water partition coefficient (Wildman–Crippen LogP) is 1.13. The maximum absolute atomic E-state index is 14.0. The summed E-state index contributed by atoms with van der Waals surface area (Å²) in [4.78, 5) is 55.0. The van der Waals surface area contributed by atoms with E-state index < -0.39 is 58.0 Å². The molecule has 0 unspecified atom stereocenters. The van der Waals surface area contributed by atoms with Gasteiger partial charge in [0, 0.05) is 17.2 Å². The first-order chi connectivity index (χ1) is 20.2. The number of carbonyl (C=O) groups is 4. The van der Waals surface area contributed by atoms with E-state index >= 15 is 0 Å². The van der Waals surface area contributed by atoms with E-state index in [1.54, 1.807) is 57.4 Å². The number of aliphatic hydroxyl groups excluding tert-OH is 2. The number of aromatic hydroxyl groups is 1. The number of Topliss-reactive ketones (excluding diaryl/α,β-unsaturated/α-hetero) is 2. The maximum atomic E-state index is 14.0. The lowest BCUT2D eigenvalue weighted by atomic mass is 9.57. The summed E-state index contributed by atoms with van der Waals surface area (Å²) >= 11 is 0. The van der Waals surface area contributed by atoms with Crippen molar-refractivity contribution in [1.29, 1.82) is 0 Å². The van der Waals surface area contributed by atoms with Gasteiger partial charge < -0.3 is 36.4 Å². The SMILES string of the molecule is CN(C)CC(=O)Nc1cccc(-c2ccc(O)c3c2C[C@H]2C[C@H]4[C@H](N(C)C)C(=O)C(C(N)=O)=C(O)[C@@]4(O)C(=O)C2=C3O)c1. The fourth-order valence-electron chi connectivity index (χ4n) is 6.77. The van der Waals surface area contributed by atoms with Crippen molar-refractivity contribution in [2.75, 3.05) is 40.1 Å². The van der Waals surface area contributed by atoms with Crippen LogP contribution in [0.2, 0.25) is 0 Å². The number of hydrogen-bond donors (Lipinski definition) is 6. The summed E-state index contributed by atoms with van der Waals surface area (Å²) in [5.74, 6) is -7.23. The van der Waals surface area contributed by atoms with E-state index in [1.807, 2.05) is 6.07 Å². The average molecular weight is 591 g/mol. The van der Waals surface area contributed by atoms with Crippen molar-refractivity contribution in [3.8, 4) is 16.9 Å². The summed E-state index contributed by atoms with van der Waals surface area (Å²) < 4.78 is 0. The number of nitrogens with two attached hydrogens (primary N) is 1. The minimum absolute atomic E-state index is 0.00386. The Labute approximate surface area is 247 Å². The van der Waals surface area contributed by atoms with E-state index in [4.69, 9.17) is 5.73 Å². The van der Waals surface area contributed by atoms with Crippen molar-refractivity contribution in [2.45, 2.75) is 24.5 Å². The molecule has 0 radical (unpaired) electrons. The molecule has 3 aliphatic carbocycles. The molecule has 2 aromatic carbocycles. The fourth-order valence-corrected chi connectivity index (χ4v) is 6.77. The van der Waals surface area contributed by atoms with Gasteiger partial charge in [0.15, 0.2) is 11.4 Å². The highest BCUT2D eigenvalue weighted by Gasteiger charge is 2.64. The van der Waals surface area contributed by atoms with E-state index in [0.717, 1.165) is 0 Å². The van der Waals surface area contributed by atoms with Gasteiger partial charge in [-0.3, -0.25) is 24.1 Å². The monoisotopic (exact) mass is 590 g/mol. The molecule has 43 heavy (non-hydrogen) atoms. The second-order valence-electron chi connectivity index (χ2n) is 11.8. The molecular weight excluding hydrogens is 556 g/mol. The van der Waals surface area contributed by atoms with Crippen LogP contribution in [0.25, 0.3) is 16.9 Å². The van der Waals surface area contributed by atoms with Crippen molar-refractivity contribution in [2.24, 2.45) is 17.6 Å². The molecule has 4 atom stereocenters. The topological polar surface area (TPSA) is 194 Å². The number of nitrogens with one attached hydrogen (secondary N) is 1. The quantitative estimate of drug-likeness (QED) is 0.266. The minimum Gasteiger partial charge on any atom is -0.508 e. The molecule has 5 rings (SSSR count). The maximum Gasteiger partial charge on any atom is 0.255 e. The molecule has 0 saturated heterocycles. The number of primary amides is 1. The number of ketones is 2. The molecule has 2 aromatic rings. The molecular formula is C31H34N4O8. The second-order valence-corrected chi connectivity index (χ2v) is 11.8. The largest absolute Gasteiger partial charge is 0.508 e. The van der Waals surface area contributed by atoms with E-state index in [9.17, 15) is 39.6 Å². The fraction of sp³-hybridized carbons (Fsp3) is 0.355. The Morgan fingerprint density at radius 3 is 2.40 bits per heavy atom. The van der Waals surface area contributed by atoms with Gasteiger partial charge >= 0.3 is 0 Å². The van der Waals surface area contributed by atoms with E-state index in [1.165, 1.54) is 11.0 Å². The summed E-state index contributed by atoms with van der Waals surface area (Å²) in [7, 11) is 6.66. The highest BCUT2D eigenvalue weighted by atomic mass is 16.3. The van der Waals surface area contributed by atoms with E-state index in [-0.39, 0.29) is 42.2 Å². The number of nitrogens with zero attached hydrogens (tertiary/aromatic N) is 2. The highest BCUT2D eigenvalue weighted by molar-refractivity contribution is 6.24. The van der Waals surface area contributed by atoms with Gasteiger partial charge in [-0.2, -0.15) is 0 Å². The number of phenols is 1. The minimum atomic E-state index is -2.70. The number of aliphatic hydroxyl groups is 3. The molecule has 12 heteroatoms. The zero-order chi connectivity index (χ0) is 31.5. The van der Waals surface area contributed by atoms with Crippen LogP contribution in [0.15, 0.2) is 53.3 Å². The lowest BCUT2D eigenvalue weighted by molar-refractivity contribution is -0.153. The molecule has 7 N–H and O–H groups in total. The normalized spacial score (nSPS) is 25.0. The van der Waals surface area contributed by atoms with Gasteiger partial charge in [-0.05, 0) is 81.8 Å². The summed E-state index contributed by atoms with van der Waals surface area (Å²) in [6.45, 7) is 0.186. The molecule has 0 aromatic heterocycles. The van der Waals surface area contributed by atoms with Gasteiger partial charge in [0.05, 0.1) is 18.2 Å². The molecule has 2 amide bonds. The van der Waals surface area contributed by atoms with Gasteiger partial charge in [-0.25, -0.2) is 0 Å². The third-order valence-corrected chi connectivity index (χ3v) is 8.52. The first-order valence-corrected chi connectivity index (χ1v) is 13.7. The van der Waals surface area contributed by atoms with Gasteiger partial charge in [0.1, 0.15) is 22.8 Å². The van der Waals surface area contributed by atoms with Crippen molar-refractivity contribution >= 4 is 34.8 Å². The van der Waals surface area contributed by atoms with Crippen LogP contribution in [-0.2, 0) is 25.6 Å². The van der Waals surface area contributed by atoms with Crippen LogP contribution >= 0.6 is 0 Å². The van der Waals surface area contributed by atoms with Gasteiger partial charge in [-0.15, -0.1) is 0 Å². The van der Waals surface area contributed by atoms with Crippen LogP contribution in [0.1, 0.15) is 17.5 Å². The smallest absolute Gasteiger partial charge is 0.255 e. The predicted molar refractivity (Wildman–Crippen MR) is 157 cm³/mol. The molecule has 12 nitrogen and oxygen atoms in total. The molecule has 0 spiro atoms. The van der Waals surface area contributed by atoms with Crippen molar-refractivity contribution in [1.82, 2.24) is 9.80 Å². The van der Waals surface area contributed by atoms with Crippen LogP contribution in [-0.4, -0.2) is 100.0 Å². The molecule has 0 heterocycles. The molecule has 0 bridgehead atoms. The van der Waals surface area contributed by atoms with E-state index in [0.29, 0.717) is 22.4 Å². The highest BCUT2D eigenvalue weighted by Crippen LogP contribution is 2.53. The second kappa shape index (κ2) is 10.6. The summed E-state index contributed by atoms with van der Waals surface area (Å²) in [6, 6.07) is 8.95. The number of carbonyl (C=O) groups excluding carboxylic acids is 4. The summed E-state index contributed by atoms with van der Waals surface area (Å²) in [5.41, 5.74) is 3.99. The Morgan fingerprint density at radius 2 is 1.77 bits per heavy atom. The standard InChI is InChI=1S/C31H34N4O8/c1-34(2)13-21(37)33-16-7-5-6-14(10-16)17-8-9-20(36)23-18(17)11-15-12-19-25(35(3)4)27(39)24(30(32)42)29(41)31(19,43)28(40)22(15)26(23)38/h5-10,15,19,25,36,38,41,43H,11-13H2,1-4H3,(H2,32,42)(H,33,37)/t15-,19-,25-,31-/m0/s1. The average Bonchev–Trinajstić information content (AvgIpc) is 2.90. The lowest BCUT2D eigenvalue weighted by Gasteiger charge is -2.50. The number of amides is 2. The van der Waals surface area contributed by atoms with Crippen molar-refractivity contribution < 1.29 is 39.6 Å². The first-order valence-electron chi connectivity index (χ1n) is 13.7. The number of phenolic OH excluding ortho intramolecular Hbond substituents is 1. The molecule has 1 saturated carbocycles. The van der Waals surface area contributed by atoms with Gasteiger partial charge in [-0.1, -0.05) is 18.2 Å². The van der Waals surface area contributed by atoms with Gasteiger partial charge in [0.2, 0.25) is 11.7 Å². The van der Waals surface area contributed by atoms with Crippen LogP contribution in [0.3, 0.4) is 0 Å². The van der Waals surface area contributed by atoms with Gasteiger partial charge in [0.25, 0.3) is 5.91 Å². The van der Waals surface area contributed by atoms with Crippen molar-refractivity contribution in [3.05, 3.63) is 64.4 Å². The number of benzene rings is 2. The van der Waals surface area contributed by atoms with Crippen LogP contribution in [0.4, 0.5) is 5.69 Å². The molecule has 226 valence electrons. The van der Waals surface area contributed by atoms with E-state index in [2.05, 4.69) is 5.32 Å². The lowest BCUT2D eigenvalue weighted by Crippen LogP contribution is -2.65. The molecule has 0 aliphatic heterocycles. The summed E-state index contributed by atoms with van der Waals surface area (Å²) in [6.07, 6.45) is 0.136. The summed E-state index contributed by atoms with van der Waals surface area (Å²) in [5, 5.41) is 47.9.